The van der Waals surface area contributed by atoms with Gasteiger partial charge in [0.15, 0.2) is 6.61 Å². The zero-order valence-electron chi connectivity index (χ0n) is 19.4. The number of benzene rings is 2. The Balaban J connectivity index is 1.66. The molecule has 0 spiro atoms. The van der Waals surface area contributed by atoms with Gasteiger partial charge in [-0.05, 0) is 51.1 Å². The van der Waals surface area contributed by atoms with Crippen LogP contribution in [0.4, 0.5) is 0 Å². The van der Waals surface area contributed by atoms with Crippen LogP contribution in [-0.2, 0) is 11.8 Å². The monoisotopic (exact) mass is 459 g/mol. The van der Waals surface area contributed by atoms with E-state index in [9.17, 15) is 19.5 Å². The summed E-state index contributed by atoms with van der Waals surface area (Å²) in [7, 11) is 1.81. The first kappa shape index (κ1) is 22.8. The van der Waals surface area contributed by atoms with E-state index in [2.05, 4.69) is 0 Å². The lowest BCUT2D eigenvalue weighted by molar-refractivity contribution is 0.0471. The molecule has 2 aromatic heterocycles. The van der Waals surface area contributed by atoms with Crippen LogP contribution in [0.5, 0.6) is 5.75 Å². The number of phenolic OH excluding ortho intramolecular Hbond substituents is 1. The van der Waals surface area contributed by atoms with Gasteiger partial charge in [-0.25, -0.2) is 9.48 Å². The molecular formula is C26H25N3O5. The number of hydrogen-bond donors (Lipinski definition) is 1. The minimum absolute atomic E-state index is 0.0119. The molecule has 0 fully saturated rings. The molecule has 0 saturated heterocycles. The van der Waals surface area contributed by atoms with Crippen molar-refractivity contribution < 1.29 is 19.4 Å². The van der Waals surface area contributed by atoms with E-state index in [1.807, 2.05) is 51.2 Å². The Kier molecular flexibility index (Phi) is 5.98. The van der Waals surface area contributed by atoms with Gasteiger partial charge in [-0.2, -0.15) is 0 Å². The first-order valence-electron chi connectivity index (χ1n) is 10.7. The summed E-state index contributed by atoms with van der Waals surface area (Å²) < 4.78 is 10.3. The fourth-order valence-corrected chi connectivity index (χ4v) is 4.13. The second-order valence-electron chi connectivity index (χ2n) is 8.05. The molecule has 34 heavy (non-hydrogen) atoms. The number of aromatic nitrogens is 3. The van der Waals surface area contributed by atoms with E-state index >= 15 is 0 Å². The lowest BCUT2D eigenvalue weighted by Crippen LogP contribution is -2.22. The van der Waals surface area contributed by atoms with Gasteiger partial charge in [-0.1, -0.05) is 30.3 Å². The Morgan fingerprint density at radius 1 is 0.912 bits per heavy atom. The summed E-state index contributed by atoms with van der Waals surface area (Å²) >= 11 is 0. The van der Waals surface area contributed by atoms with Crippen LogP contribution in [0.15, 0.2) is 65.5 Å². The molecule has 0 radical (unpaired) electrons. The molecule has 2 heterocycles. The number of esters is 1. The normalized spacial score (nSPS) is 10.9. The number of phenols is 1. The average molecular weight is 460 g/mol. The number of carbonyl (C=O) groups is 2. The summed E-state index contributed by atoms with van der Waals surface area (Å²) in [5.41, 5.74) is 3.34. The minimum Gasteiger partial charge on any atom is -0.507 e. The van der Waals surface area contributed by atoms with Crippen molar-refractivity contribution >= 4 is 11.8 Å². The largest absolute Gasteiger partial charge is 0.507 e. The van der Waals surface area contributed by atoms with Gasteiger partial charge in [0.1, 0.15) is 17.0 Å². The van der Waals surface area contributed by atoms with Crippen LogP contribution in [-0.4, -0.2) is 37.4 Å². The van der Waals surface area contributed by atoms with E-state index in [0.717, 1.165) is 11.4 Å². The van der Waals surface area contributed by atoms with E-state index in [1.165, 1.54) is 12.1 Å². The van der Waals surface area contributed by atoms with Crippen LogP contribution in [0.25, 0.3) is 11.4 Å². The van der Waals surface area contributed by atoms with Gasteiger partial charge >= 0.3 is 5.97 Å². The molecule has 0 aliphatic carbocycles. The Morgan fingerprint density at radius 2 is 1.56 bits per heavy atom. The third-order valence-electron chi connectivity index (χ3n) is 5.94. The predicted molar refractivity (Wildman–Crippen MR) is 127 cm³/mol. The molecule has 0 atom stereocenters. The van der Waals surface area contributed by atoms with E-state index in [-0.39, 0.29) is 16.9 Å². The molecule has 0 saturated carbocycles. The summed E-state index contributed by atoms with van der Waals surface area (Å²) in [5, 5.41) is 9.81. The molecule has 0 aliphatic rings. The number of nitrogens with zero attached hydrogens (tertiary/aromatic N) is 3. The lowest BCUT2D eigenvalue weighted by Gasteiger charge is -2.09. The van der Waals surface area contributed by atoms with Gasteiger partial charge in [0.25, 0.3) is 5.56 Å². The molecule has 4 rings (SSSR count). The maximum Gasteiger partial charge on any atom is 0.342 e. The smallest absolute Gasteiger partial charge is 0.342 e. The molecule has 0 bridgehead atoms. The lowest BCUT2D eigenvalue weighted by atomic mass is 10.1. The van der Waals surface area contributed by atoms with Crippen molar-refractivity contribution in [3.05, 3.63) is 99.2 Å². The molecular weight excluding hydrogens is 434 g/mol. The number of carbonyl (C=O) groups excluding carboxylic acids is 2. The zero-order chi connectivity index (χ0) is 24.6. The van der Waals surface area contributed by atoms with Crippen molar-refractivity contribution in [3.8, 4) is 17.1 Å². The Morgan fingerprint density at radius 3 is 2.24 bits per heavy atom. The summed E-state index contributed by atoms with van der Waals surface area (Å²) in [6.45, 7) is 4.94. The zero-order valence-corrected chi connectivity index (χ0v) is 19.4. The number of para-hydroxylation sites is 2. The average Bonchev–Trinajstić information content (AvgIpc) is 3.23. The predicted octanol–water partition coefficient (Wildman–Crippen LogP) is 3.64. The van der Waals surface area contributed by atoms with E-state index in [1.54, 1.807) is 39.1 Å². The standard InChI is InChI=1S/C26H25N3O5/c1-16-14-21(23(31)15-34-26(33)20-12-8-9-13-22(20)30)17(2)28(16)24-18(3)27(4)29(25(24)32)19-10-6-5-7-11-19/h5-14,30H,15H2,1-4H3. The number of ether oxygens (including phenoxy) is 1. The second kappa shape index (κ2) is 8.90. The number of Topliss-reactive ketones (excluding diaryl/α,β-unsaturated/α-hetero) is 1. The van der Waals surface area contributed by atoms with Crippen molar-refractivity contribution in [2.24, 2.45) is 7.05 Å². The van der Waals surface area contributed by atoms with E-state index < -0.39 is 18.4 Å². The summed E-state index contributed by atoms with van der Waals surface area (Å²) in [6.07, 6.45) is 0. The van der Waals surface area contributed by atoms with Gasteiger partial charge < -0.3 is 14.4 Å². The molecule has 8 heteroatoms. The highest BCUT2D eigenvalue weighted by atomic mass is 16.5. The Bertz CT molecular complexity index is 1460. The van der Waals surface area contributed by atoms with E-state index in [4.69, 9.17) is 4.74 Å². The minimum atomic E-state index is -0.787. The highest BCUT2D eigenvalue weighted by Gasteiger charge is 2.24. The number of hydrogen-bond acceptors (Lipinski definition) is 5. The fourth-order valence-electron chi connectivity index (χ4n) is 4.13. The number of aromatic hydroxyl groups is 1. The molecule has 2 aromatic carbocycles. The molecule has 1 N–H and O–H groups in total. The third-order valence-corrected chi connectivity index (χ3v) is 5.94. The Labute approximate surface area is 196 Å². The van der Waals surface area contributed by atoms with Crippen LogP contribution in [0, 0.1) is 20.8 Å². The van der Waals surface area contributed by atoms with E-state index in [0.29, 0.717) is 22.6 Å². The quantitative estimate of drug-likeness (QED) is 0.351. The van der Waals surface area contributed by atoms with Crippen molar-refractivity contribution in [3.63, 3.8) is 0 Å². The summed E-state index contributed by atoms with van der Waals surface area (Å²) in [4.78, 5) is 38.6. The third kappa shape index (κ3) is 3.83. The molecule has 174 valence electrons. The molecule has 4 aromatic rings. The van der Waals surface area contributed by atoms with Gasteiger partial charge in [-0.15, -0.1) is 0 Å². The highest BCUT2D eigenvalue weighted by Crippen LogP contribution is 2.23. The van der Waals surface area contributed by atoms with Gasteiger partial charge in [-0.3, -0.25) is 14.3 Å². The van der Waals surface area contributed by atoms with Crippen LogP contribution < -0.4 is 5.56 Å². The summed E-state index contributed by atoms with van der Waals surface area (Å²) in [6, 6.07) is 17.0. The first-order chi connectivity index (χ1) is 16.2. The van der Waals surface area contributed by atoms with Gasteiger partial charge in [0.05, 0.1) is 11.4 Å². The molecule has 0 unspecified atom stereocenters. The maximum absolute atomic E-state index is 13.4. The van der Waals surface area contributed by atoms with Crippen molar-refractivity contribution in [2.45, 2.75) is 20.8 Å². The van der Waals surface area contributed by atoms with Crippen molar-refractivity contribution in [2.75, 3.05) is 6.61 Å². The maximum atomic E-state index is 13.4. The molecule has 0 amide bonds. The fraction of sp³-hybridized carbons (Fsp3) is 0.192. The highest BCUT2D eigenvalue weighted by molar-refractivity contribution is 6.01. The Hall–Kier alpha value is -4.33. The number of ketones is 1. The SMILES string of the molecule is Cc1cc(C(=O)COC(=O)c2ccccc2O)c(C)n1-c1c(C)n(C)n(-c2ccccc2)c1=O. The number of aryl methyl sites for hydroxylation is 1. The van der Waals surface area contributed by atoms with Crippen LogP contribution in [0.3, 0.4) is 0 Å². The molecule has 0 aliphatic heterocycles. The van der Waals surface area contributed by atoms with Gasteiger partial charge in [0.2, 0.25) is 5.78 Å². The summed E-state index contributed by atoms with van der Waals surface area (Å²) in [5.74, 6) is -1.41. The van der Waals surface area contributed by atoms with Crippen LogP contribution >= 0.6 is 0 Å². The molecule has 8 nitrogen and oxygen atoms in total. The van der Waals surface area contributed by atoms with Gasteiger partial charge in [0, 0.05) is 24.0 Å². The van der Waals surface area contributed by atoms with Crippen molar-refractivity contribution in [1.29, 1.82) is 0 Å². The van der Waals surface area contributed by atoms with Crippen molar-refractivity contribution in [1.82, 2.24) is 13.9 Å². The van der Waals surface area contributed by atoms with Crippen LogP contribution in [0.2, 0.25) is 0 Å². The topological polar surface area (TPSA) is 95.5 Å². The number of rotatable bonds is 6. The first-order valence-corrected chi connectivity index (χ1v) is 10.7. The second-order valence-corrected chi connectivity index (χ2v) is 8.05. The van der Waals surface area contributed by atoms with Crippen LogP contribution in [0.1, 0.15) is 37.8 Å².